The highest BCUT2D eigenvalue weighted by atomic mass is 32.1. The second kappa shape index (κ2) is 22.5. The fourth-order valence-electron chi connectivity index (χ4n) is 4.40. The largest absolute Gasteiger partial charge is 0.388 e. The lowest BCUT2D eigenvalue weighted by molar-refractivity contribution is -0.116. The zero-order valence-electron chi connectivity index (χ0n) is 56.1. The summed E-state index contributed by atoms with van der Waals surface area (Å²) in [6.45, 7) is 2.77. The topological polar surface area (TPSA) is 176 Å². The second-order valence-corrected chi connectivity index (χ2v) is 13.7. The number of nitrogens with zero attached hydrogens (tertiary/aromatic N) is 2. The van der Waals surface area contributed by atoms with Gasteiger partial charge < -0.3 is 32.3 Å². The van der Waals surface area contributed by atoms with E-state index in [1.165, 1.54) is 24.6 Å². The van der Waals surface area contributed by atoms with E-state index in [4.69, 9.17) is 45.7 Å². The molecule has 0 aliphatic rings. The zero-order chi connectivity index (χ0) is 63.3. The van der Waals surface area contributed by atoms with Crippen LogP contribution >= 0.6 is 22.7 Å². The summed E-state index contributed by atoms with van der Waals surface area (Å²) < 4.78 is 205. The predicted molar refractivity (Wildman–Crippen MR) is 238 cm³/mol. The van der Waals surface area contributed by atoms with Crippen LogP contribution in [0.15, 0.2) is 107 Å². The molecule has 6 aromatic rings. The average Bonchev–Trinajstić information content (AvgIpc) is 4.10. The summed E-state index contributed by atoms with van der Waals surface area (Å²) >= 11 is 1.80. The quantitative estimate of drug-likeness (QED) is 0.0496. The third-order valence-electron chi connectivity index (χ3n) is 7.24. The fourth-order valence-corrected chi connectivity index (χ4v) is 5.39. The van der Waals surface area contributed by atoms with Crippen molar-refractivity contribution in [1.82, 2.24) is 9.97 Å². The van der Waals surface area contributed by atoms with Gasteiger partial charge in [0.15, 0.2) is 10.3 Å². The molecule has 12 heteroatoms. The Morgan fingerprint density at radius 2 is 1.09 bits per heavy atom. The molecule has 0 unspecified atom stereocenters. The Hall–Kier alpha value is -5.40. The molecule has 0 fully saturated rings. The van der Waals surface area contributed by atoms with Crippen molar-refractivity contribution < 1.29 is 54.1 Å². The van der Waals surface area contributed by atoms with E-state index in [-0.39, 0.29) is 68.0 Å². The van der Waals surface area contributed by atoms with E-state index in [1.807, 2.05) is 0 Å². The summed E-state index contributed by atoms with van der Waals surface area (Å²) in [6, 6.07) is -9.32. The molecule has 0 bridgehead atoms. The van der Waals surface area contributed by atoms with E-state index < -0.39 is 183 Å². The average molecular weight is 844 g/mol. The van der Waals surface area contributed by atoms with Crippen LogP contribution in [0.25, 0.3) is 0 Å². The van der Waals surface area contributed by atoms with Gasteiger partial charge in [0.05, 0.1) is 59.6 Å². The van der Waals surface area contributed by atoms with Crippen molar-refractivity contribution in [2.24, 2.45) is 0 Å². The molecule has 10 nitrogen and oxygen atoms in total. The number of nitrogen functional groups attached to an aromatic ring is 2. The summed E-state index contributed by atoms with van der Waals surface area (Å²) in [4.78, 5) is 32.8. The Morgan fingerprint density at radius 3 is 1.50 bits per heavy atom. The lowest BCUT2D eigenvalue weighted by Gasteiger charge is -2.11. The molecule has 2 heterocycles. The van der Waals surface area contributed by atoms with Crippen LogP contribution < -0.4 is 22.1 Å². The van der Waals surface area contributed by atoms with Crippen molar-refractivity contribution in [2.45, 2.75) is 90.0 Å². The van der Waals surface area contributed by atoms with Gasteiger partial charge in [0.1, 0.15) is 0 Å². The molecule has 0 saturated heterocycles. The number of nitrogens with one attached hydrogen (secondary N) is 2. The first kappa shape index (κ1) is 21.0. The van der Waals surface area contributed by atoms with Crippen molar-refractivity contribution in [3.8, 4) is 0 Å². The number of aromatic nitrogens is 2. The summed E-state index contributed by atoms with van der Waals surface area (Å²) in [5.74, 6) is -2.62. The number of hydrogen-bond donors (Lipinski definition) is 6. The Labute approximate surface area is 384 Å². The summed E-state index contributed by atoms with van der Waals surface area (Å²) in [5.41, 5.74) is 7.72. The van der Waals surface area contributed by atoms with Gasteiger partial charge in [-0.05, 0) is 98.7 Å². The van der Waals surface area contributed by atoms with Gasteiger partial charge >= 0.3 is 0 Å². The van der Waals surface area contributed by atoms with Crippen LogP contribution in [0.1, 0.15) is 130 Å². The first-order valence-electron chi connectivity index (χ1n) is 29.7. The standard InChI is InChI=1S/2C23H27N3O2S/c2*1-16-6-10-18(11-7-16)21(27)5-3-2-4-17-8-12-19(13-9-17)25-22(28)14-20-15-29-23(24)26-20/h2*6-13,15,21,27H,2-5,14H2,1H3,(H2,24,26)(H,25,28)/t2*21-/m00/s1/i2D2,6D,7D,8D,9D,10D,11D,12D,13D,14D2,21D;2D2,6D,7D,8D,9D,10D,11D,12D,13D,14D2. The van der Waals surface area contributed by atoms with Crippen molar-refractivity contribution in [3.63, 3.8) is 0 Å². The number of rotatable bonds is 18. The third-order valence-corrected chi connectivity index (χ3v) is 8.58. The number of aliphatic hydroxyl groups excluding tert-OH is 1. The van der Waals surface area contributed by atoms with Crippen molar-refractivity contribution in [1.29, 1.82) is 0 Å². The second-order valence-electron chi connectivity index (χ2n) is 11.9. The van der Waals surface area contributed by atoms with E-state index in [1.54, 1.807) is 0 Å². The van der Waals surface area contributed by atoms with E-state index in [2.05, 4.69) is 20.6 Å². The molecule has 4 aromatic carbocycles. The number of hydrogen-bond acceptors (Lipinski definition) is 10. The van der Waals surface area contributed by atoms with Crippen molar-refractivity contribution >= 4 is 56.1 Å². The number of amides is 2. The Kier molecular flexibility index (Phi) is 8.17. The molecule has 304 valence electrons. The molecule has 0 spiro atoms. The Morgan fingerprint density at radius 1 is 0.672 bits per heavy atom. The maximum Gasteiger partial charge on any atom is 0.230 e. The normalized spacial score (nSPS) is 19.6. The van der Waals surface area contributed by atoms with Crippen LogP contribution in [0, 0.1) is 13.8 Å². The van der Waals surface area contributed by atoms with Gasteiger partial charge in [0, 0.05) is 33.1 Å². The maximum atomic E-state index is 12.7. The van der Waals surface area contributed by atoms with Crippen molar-refractivity contribution in [2.75, 3.05) is 22.1 Å². The minimum atomic E-state index is -2.72. The minimum absolute atomic E-state index is 0.00909. The van der Waals surface area contributed by atoms with Crippen LogP contribution in [0.4, 0.5) is 21.6 Å². The molecule has 2 atom stereocenters. The third kappa shape index (κ3) is 15.2. The highest BCUT2D eigenvalue weighted by molar-refractivity contribution is 7.13. The highest BCUT2D eigenvalue weighted by Crippen LogP contribution is 2.23. The number of carbonyl (C=O) groups excluding carboxylic acids is 2. The summed E-state index contributed by atoms with van der Waals surface area (Å²) in [5, 5.41) is 28.0. The van der Waals surface area contributed by atoms with Crippen LogP contribution in [-0.4, -0.2) is 32.0 Å². The number of benzene rings is 4. The fraction of sp³-hybridized carbons (Fsp3) is 0.304. The summed E-state index contributed by atoms with van der Waals surface area (Å²) in [7, 11) is 0. The molecule has 58 heavy (non-hydrogen) atoms. The Bertz CT molecular complexity index is 3410. The highest BCUT2D eigenvalue weighted by Gasteiger charge is 2.11. The van der Waals surface area contributed by atoms with E-state index >= 15 is 0 Å². The van der Waals surface area contributed by atoms with Gasteiger partial charge in [-0.2, -0.15) is 0 Å². The molecule has 8 N–H and O–H groups in total. The van der Waals surface area contributed by atoms with Gasteiger partial charge in [-0.1, -0.05) is 96.5 Å². The zero-order valence-corrected chi connectivity index (χ0v) is 32.7. The number of anilines is 4. The molecule has 0 radical (unpaired) electrons. The van der Waals surface area contributed by atoms with Gasteiger partial charge in [-0.25, -0.2) is 9.97 Å². The first-order chi connectivity index (χ1) is 37.9. The van der Waals surface area contributed by atoms with E-state index in [0.29, 0.717) is 0 Å². The van der Waals surface area contributed by atoms with E-state index in [9.17, 15) is 19.8 Å². The van der Waals surface area contributed by atoms with E-state index in [0.717, 1.165) is 22.7 Å². The van der Waals surface area contributed by atoms with Crippen LogP contribution in [0.2, 0.25) is 0 Å². The number of aliphatic hydroxyl groups is 2. The number of thiazole rings is 2. The van der Waals surface area contributed by atoms with Gasteiger partial charge in [0.2, 0.25) is 11.8 Å². The summed E-state index contributed by atoms with van der Waals surface area (Å²) in [6.07, 6.45) is -17.6. The van der Waals surface area contributed by atoms with Crippen molar-refractivity contribution in [3.05, 3.63) is 152 Å². The molecule has 0 aliphatic heterocycles. The molecule has 6 rings (SSSR count). The molecule has 2 aromatic heterocycles. The molecular weight excluding hydrogens is 765 g/mol. The number of carbonyl (C=O) groups is 2. The molecule has 0 aliphatic carbocycles. The van der Waals surface area contributed by atoms with Crippen LogP contribution in [0.5, 0.6) is 0 Å². The molecule has 2 amide bonds. The molecule has 0 saturated carbocycles. The molecular formula is C46H54N6O4S2. The minimum Gasteiger partial charge on any atom is -0.388 e. The predicted octanol–water partition coefficient (Wildman–Crippen LogP) is 9.32. The number of nitrogens with two attached hydrogens (primary N) is 2. The smallest absolute Gasteiger partial charge is 0.230 e. The van der Waals surface area contributed by atoms with Crippen LogP contribution in [-0.2, 0) is 35.2 Å². The van der Waals surface area contributed by atoms with Crippen LogP contribution in [0.3, 0.4) is 0 Å². The Balaban J connectivity index is 0.000000304. The lowest BCUT2D eigenvalue weighted by atomic mass is 10.0. The van der Waals surface area contributed by atoms with Gasteiger partial charge in [-0.3, -0.25) is 9.59 Å². The SMILES string of the molecule is [2H]c1c([2H])c([C@@H](O)CCC([2H])([2H])Cc2c([2H])c([2H])c(NC(=O)C([2H])([2H])c3csc(N)n3)c([2H])c2[2H])c([2H])c([2H])c1C.[2H]c1c([2H])c([C@@]([2H])(O)CCC([2H])([2H])Cc2c([2H])c([2H])c(NC(=O)C([2H])([2H])c3csc(N)n3)c([2H])c2[2H])c([2H])c([2H])c1C. The lowest BCUT2D eigenvalue weighted by Crippen LogP contribution is -2.14. The maximum absolute atomic E-state index is 12.7. The van der Waals surface area contributed by atoms with Gasteiger partial charge in [-0.15, -0.1) is 22.7 Å². The van der Waals surface area contributed by atoms with Gasteiger partial charge in [0.25, 0.3) is 0 Å². The first-order valence-corrected chi connectivity index (χ1v) is 19.0. The monoisotopic (exact) mass is 844 g/mol.